The maximum atomic E-state index is 13.2. The van der Waals surface area contributed by atoms with Gasteiger partial charge >= 0.3 is 7.12 Å². The van der Waals surface area contributed by atoms with Crippen LogP contribution in [0.3, 0.4) is 0 Å². The van der Waals surface area contributed by atoms with Crippen LogP contribution in [0.4, 0.5) is 0 Å². The molecule has 6 rings (SSSR count). The summed E-state index contributed by atoms with van der Waals surface area (Å²) in [6.45, 7) is 2.00. The zero-order valence-corrected chi connectivity index (χ0v) is 26.6. The number of aryl methyl sites for hydroxylation is 1. The fourth-order valence-electron chi connectivity index (χ4n) is 5.46. The van der Waals surface area contributed by atoms with Gasteiger partial charge in [0.15, 0.2) is 5.82 Å². The Morgan fingerprint density at radius 1 is 1.04 bits per heavy atom. The largest absolute Gasteiger partial charge is 0.497 e. The smallest absolute Gasteiger partial charge is 0.489 e. The van der Waals surface area contributed by atoms with Crippen LogP contribution >= 0.6 is 22.9 Å². The number of rotatable bonds is 10. The zero-order valence-electron chi connectivity index (χ0n) is 25.0. The van der Waals surface area contributed by atoms with Crippen molar-refractivity contribution in [2.75, 3.05) is 20.2 Å². The minimum absolute atomic E-state index is 0.0611. The first-order chi connectivity index (χ1) is 22.2. The number of aliphatic imine (C=N–C) groups is 1. The van der Waals surface area contributed by atoms with E-state index in [1.807, 2.05) is 54.0 Å². The molecule has 5 aromatic rings. The van der Waals surface area contributed by atoms with Crippen molar-refractivity contribution in [1.82, 2.24) is 25.4 Å². The number of halogens is 1. The fraction of sp³-hybridized carbons (Fsp3) is 0.219. The number of methoxy groups -OCH3 is 1. The number of thiophene rings is 1. The van der Waals surface area contributed by atoms with Gasteiger partial charge in [-0.05, 0) is 60.6 Å². The van der Waals surface area contributed by atoms with E-state index in [2.05, 4.69) is 20.8 Å². The van der Waals surface area contributed by atoms with Gasteiger partial charge in [-0.15, -0.1) is 21.5 Å². The Kier molecular flexibility index (Phi) is 9.18. The molecule has 2 aromatic heterocycles. The molecule has 46 heavy (non-hydrogen) atoms. The second kappa shape index (κ2) is 13.4. The van der Waals surface area contributed by atoms with Crippen molar-refractivity contribution in [2.45, 2.75) is 25.8 Å². The summed E-state index contributed by atoms with van der Waals surface area (Å²) in [5.41, 5.74) is 3.50. The Labute approximate surface area is 274 Å². The summed E-state index contributed by atoms with van der Waals surface area (Å²) >= 11 is 7.63. The summed E-state index contributed by atoms with van der Waals surface area (Å²) in [6, 6.07) is 19.6. The lowest BCUT2D eigenvalue weighted by atomic mass is 9.80. The normalized spacial score (nSPS) is 13.8. The molecular weight excluding hydrogens is 627 g/mol. The van der Waals surface area contributed by atoms with Gasteiger partial charge in [-0.2, -0.15) is 0 Å². The molecule has 3 aromatic carbocycles. The number of fused-ring (bicyclic) bond motifs is 4. The zero-order chi connectivity index (χ0) is 32.4. The first-order valence-corrected chi connectivity index (χ1v) is 15.8. The molecule has 1 aliphatic heterocycles. The van der Waals surface area contributed by atoms with E-state index >= 15 is 0 Å². The van der Waals surface area contributed by atoms with Crippen LogP contribution in [0, 0.1) is 6.92 Å². The van der Waals surface area contributed by atoms with Gasteiger partial charge in [0.1, 0.15) is 17.6 Å². The molecule has 0 fully saturated rings. The van der Waals surface area contributed by atoms with Crippen molar-refractivity contribution in [3.8, 4) is 11.4 Å². The molecule has 1 atom stereocenters. The van der Waals surface area contributed by atoms with E-state index in [1.54, 1.807) is 31.4 Å². The van der Waals surface area contributed by atoms with Gasteiger partial charge in [-0.3, -0.25) is 19.1 Å². The molecule has 234 valence electrons. The number of carbonyl (C=O) groups excluding carboxylic acids is 2. The molecule has 2 amide bonds. The molecule has 4 N–H and O–H groups in total. The van der Waals surface area contributed by atoms with Gasteiger partial charge < -0.3 is 25.4 Å². The first kappa shape index (κ1) is 31.4. The van der Waals surface area contributed by atoms with Gasteiger partial charge in [-0.1, -0.05) is 41.9 Å². The van der Waals surface area contributed by atoms with Crippen LogP contribution in [-0.4, -0.2) is 69.7 Å². The van der Waals surface area contributed by atoms with Crippen molar-refractivity contribution in [3.63, 3.8) is 0 Å². The predicted molar refractivity (Wildman–Crippen MR) is 178 cm³/mol. The minimum Gasteiger partial charge on any atom is -0.497 e. The molecule has 0 bridgehead atoms. The number of nitrogens with zero attached hydrogens (tertiary/aromatic N) is 4. The van der Waals surface area contributed by atoms with Crippen LogP contribution in [0.15, 0.2) is 71.7 Å². The molecule has 0 unspecified atom stereocenters. The third-order valence-corrected chi connectivity index (χ3v) is 9.18. The fourth-order valence-corrected chi connectivity index (χ4v) is 6.77. The molecule has 0 aliphatic carbocycles. The van der Waals surface area contributed by atoms with Gasteiger partial charge in [0, 0.05) is 32.3 Å². The summed E-state index contributed by atoms with van der Waals surface area (Å²) in [4.78, 5) is 31.8. The molecule has 0 saturated heterocycles. The van der Waals surface area contributed by atoms with E-state index in [0.717, 1.165) is 31.8 Å². The topological polar surface area (TPSA) is 151 Å². The highest BCUT2D eigenvalue weighted by molar-refractivity contribution is 7.20. The average Bonchev–Trinajstić information content (AvgIpc) is 3.61. The molecule has 14 heteroatoms. The standard InChI is InChI=1S/C32H30BClN6O5S/c1-18-38-39-32-26(37-30(19-6-8-21(34)9-7-19)24-15-22(45-2)10-11-27(24)40(18)32)16-28(41)36-17-29(42)35-13-12-23-14-20-4-3-5-25(33(43)44)31(20)46-23/h3-11,14-15,26,43-44H,12-13,16-17H2,1-2H3,(H,35,42)(H,36,41)/t26-/m0/s1. The highest BCUT2D eigenvalue weighted by atomic mass is 35.5. The summed E-state index contributed by atoms with van der Waals surface area (Å²) < 4.78 is 8.21. The second-order valence-electron chi connectivity index (χ2n) is 10.8. The minimum atomic E-state index is -1.55. The third-order valence-electron chi connectivity index (χ3n) is 7.67. The Balaban J connectivity index is 1.15. The number of aromatic nitrogens is 3. The van der Waals surface area contributed by atoms with Crippen LogP contribution in [0.25, 0.3) is 15.8 Å². The summed E-state index contributed by atoms with van der Waals surface area (Å²) in [7, 11) is 0.0467. The molecule has 0 spiro atoms. The van der Waals surface area contributed by atoms with Gasteiger partial charge in [0.2, 0.25) is 11.8 Å². The van der Waals surface area contributed by atoms with Crippen LogP contribution < -0.4 is 20.8 Å². The first-order valence-electron chi connectivity index (χ1n) is 14.6. The number of amides is 2. The van der Waals surface area contributed by atoms with Crippen molar-refractivity contribution in [3.05, 3.63) is 99.4 Å². The second-order valence-corrected chi connectivity index (χ2v) is 12.3. The molecular formula is C32H30BClN6O5S. The number of benzene rings is 3. The Morgan fingerprint density at radius 2 is 1.85 bits per heavy atom. The number of nitrogens with one attached hydrogen (secondary N) is 2. The number of carbonyl (C=O) groups is 2. The average molecular weight is 657 g/mol. The van der Waals surface area contributed by atoms with Gasteiger partial charge in [-0.25, -0.2) is 0 Å². The molecule has 3 heterocycles. The molecule has 11 nitrogen and oxygen atoms in total. The Bertz CT molecular complexity index is 1960. The van der Waals surface area contributed by atoms with Crippen LogP contribution in [0.2, 0.25) is 5.02 Å². The quantitative estimate of drug-likeness (QED) is 0.169. The number of ether oxygens (including phenoxy) is 1. The maximum Gasteiger partial charge on any atom is 0.489 e. The molecule has 0 radical (unpaired) electrons. The lowest BCUT2D eigenvalue weighted by molar-refractivity contribution is -0.126. The summed E-state index contributed by atoms with van der Waals surface area (Å²) in [5.74, 6) is 1.10. The third kappa shape index (κ3) is 6.54. The van der Waals surface area contributed by atoms with E-state index in [9.17, 15) is 19.6 Å². The van der Waals surface area contributed by atoms with E-state index in [-0.39, 0.29) is 24.8 Å². The van der Waals surface area contributed by atoms with Crippen molar-refractivity contribution in [1.29, 1.82) is 0 Å². The molecule has 0 saturated carbocycles. The van der Waals surface area contributed by atoms with Gasteiger partial charge in [0.25, 0.3) is 0 Å². The van der Waals surface area contributed by atoms with Gasteiger partial charge in [0.05, 0.1) is 31.5 Å². The van der Waals surface area contributed by atoms with Crippen LogP contribution in [0.5, 0.6) is 5.75 Å². The van der Waals surface area contributed by atoms with E-state index in [0.29, 0.717) is 46.6 Å². The number of hydrogen-bond donors (Lipinski definition) is 4. The maximum absolute atomic E-state index is 13.2. The lowest BCUT2D eigenvalue weighted by Crippen LogP contribution is -2.38. The SMILES string of the molecule is COc1ccc2c(c1)C(c1ccc(Cl)cc1)=N[C@@H](CC(=O)NCC(=O)NCCc1cc3cccc(B(O)O)c3s1)c1nnc(C)n1-2. The predicted octanol–water partition coefficient (Wildman–Crippen LogP) is 2.89. The monoisotopic (exact) mass is 656 g/mol. The van der Waals surface area contributed by atoms with Crippen molar-refractivity contribution >= 4 is 63.1 Å². The van der Waals surface area contributed by atoms with Crippen LogP contribution in [-0.2, 0) is 16.0 Å². The Morgan fingerprint density at radius 3 is 2.61 bits per heavy atom. The Hall–Kier alpha value is -4.56. The summed E-state index contributed by atoms with van der Waals surface area (Å²) in [5, 5.41) is 35.0. The highest BCUT2D eigenvalue weighted by Crippen LogP contribution is 2.34. The van der Waals surface area contributed by atoms with Crippen molar-refractivity contribution in [2.24, 2.45) is 4.99 Å². The van der Waals surface area contributed by atoms with E-state index in [1.165, 1.54) is 11.3 Å². The number of hydrogen-bond acceptors (Lipinski definition) is 9. The van der Waals surface area contributed by atoms with Crippen LogP contribution in [0.1, 0.15) is 40.1 Å². The molecule has 1 aliphatic rings. The van der Waals surface area contributed by atoms with Crippen molar-refractivity contribution < 1.29 is 24.4 Å². The summed E-state index contributed by atoms with van der Waals surface area (Å²) in [6.07, 6.45) is 0.499. The lowest BCUT2D eigenvalue weighted by Gasteiger charge is -2.14. The van der Waals surface area contributed by atoms with E-state index < -0.39 is 13.2 Å². The van der Waals surface area contributed by atoms with E-state index in [4.69, 9.17) is 21.3 Å². The highest BCUT2D eigenvalue weighted by Gasteiger charge is 2.30.